The topological polar surface area (TPSA) is 35.2 Å². The van der Waals surface area contributed by atoms with Gasteiger partial charge >= 0.3 is 0 Å². The number of nitrogens with two attached hydrogens (primary N) is 1. The van der Waals surface area contributed by atoms with Gasteiger partial charge in [0.05, 0.1) is 7.11 Å². The molecular formula is C14H21NO. The molecule has 2 N–H and O–H groups in total. The smallest absolute Gasteiger partial charge is 0.118 e. The molecule has 0 radical (unpaired) electrons. The van der Waals surface area contributed by atoms with E-state index in [-0.39, 0.29) is 5.54 Å². The van der Waals surface area contributed by atoms with Gasteiger partial charge in [0.1, 0.15) is 5.75 Å². The average molecular weight is 219 g/mol. The highest BCUT2D eigenvalue weighted by atomic mass is 16.5. The maximum absolute atomic E-state index is 6.40. The van der Waals surface area contributed by atoms with Crippen molar-refractivity contribution in [2.75, 3.05) is 7.11 Å². The fourth-order valence-electron chi connectivity index (χ4n) is 2.51. The van der Waals surface area contributed by atoms with Crippen LogP contribution in [0.1, 0.15) is 32.3 Å². The van der Waals surface area contributed by atoms with E-state index in [1.165, 1.54) is 5.56 Å². The number of hydrogen-bond acceptors (Lipinski definition) is 2. The van der Waals surface area contributed by atoms with Gasteiger partial charge in [0.2, 0.25) is 0 Å². The SMILES string of the molecule is COc1ccc(C2(N)CC(C(C)C)C2)cc1. The van der Waals surface area contributed by atoms with Crippen molar-refractivity contribution in [3.05, 3.63) is 29.8 Å². The van der Waals surface area contributed by atoms with E-state index in [1.807, 2.05) is 12.1 Å². The lowest BCUT2D eigenvalue weighted by Crippen LogP contribution is -2.50. The molecule has 2 heteroatoms. The van der Waals surface area contributed by atoms with E-state index in [2.05, 4.69) is 26.0 Å². The van der Waals surface area contributed by atoms with Crippen LogP contribution in [-0.2, 0) is 5.54 Å². The Kier molecular flexibility index (Phi) is 2.94. The molecule has 2 nitrogen and oxygen atoms in total. The van der Waals surface area contributed by atoms with Gasteiger partial charge in [0.25, 0.3) is 0 Å². The summed E-state index contributed by atoms with van der Waals surface area (Å²) in [4.78, 5) is 0. The fraction of sp³-hybridized carbons (Fsp3) is 0.571. The molecular weight excluding hydrogens is 198 g/mol. The van der Waals surface area contributed by atoms with Crippen LogP contribution >= 0.6 is 0 Å². The van der Waals surface area contributed by atoms with Crippen LogP contribution in [0.4, 0.5) is 0 Å². The minimum absolute atomic E-state index is 0.0960. The molecule has 0 saturated heterocycles. The van der Waals surface area contributed by atoms with Gasteiger partial charge in [0, 0.05) is 5.54 Å². The number of ether oxygens (including phenoxy) is 1. The summed E-state index contributed by atoms with van der Waals surface area (Å²) in [7, 11) is 1.69. The van der Waals surface area contributed by atoms with Crippen molar-refractivity contribution in [3.8, 4) is 5.75 Å². The molecule has 0 aromatic heterocycles. The van der Waals surface area contributed by atoms with Crippen LogP contribution in [0.3, 0.4) is 0 Å². The second kappa shape index (κ2) is 4.10. The Morgan fingerprint density at radius 1 is 1.25 bits per heavy atom. The molecule has 0 atom stereocenters. The third-order valence-electron chi connectivity index (χ3n) is 3.86. The molecule has 1 aliphatic carbocycles. The maximum Gasteiger partial charge on any atom is 0.118 e. The largest absolute Gasteiger partial charge is 0.497 e. The van der Waals surface area contributed by atoms with Gasteiger partial charge in [-0.1, -0.05) is 26.0 Å². The van der Waals surface area contributed by atoms with E-state index >= 15 is 0 Å². The molecule has 1 aromatic rings. The molecule has 88 valence electrons. The van der Waals surface area contributed by atoms with Crippen molar-refractivity contribution < 1.29 is 4.74 Å². The first kappa shape index (κ1) is 11.5. The lowest BCUT2D eigenvalue weighted by Gasteiger charge is -2.47. The summed E-state index contributed by atoms with van der Waals surface area (Å²) in [6, 6.07) is 8.17. The zero-order valence-corrected chi connectivity index (χ0v) is 10.4. The van der Waals surface area contributed by atoms with Crippen molar-refractivity contribution in [1.82, 2.24) is 0 Å². The van der Waals surface area contributed by atoms with E-state index in [1.54, 1.807) is 7.11 Å². The monoisotopic (exact) mass is 219 g/mol. The highest BCUT2D eigenvalue weighted by Gasteiger charge is 2.43. The Balaban J connectivity index is 2.08. The summed E-state index contributed by atoms with van der Waals surface area (Å²) in [5.41, 5.74) is 7.55. The van der Waals surface area contributed by atoms with Crippen molar-refractivity contribution in [3.63, 3.8) is 0 Å². The molecule has 16 heavy (non-hydrogen) atoms. The first-order valence-electron chi connectivity index (χ1n) is 5.98. The first-order chi connectivity index (χ1) is 7.55. The Hall–Kier alpha value is -1.02. The zero-order chi connectivity index (χ0) is 11.8. The molecule has 0 amide bonds. The van der Waals surface area contributed by atoms with Gasteiger partial charge in [-0.05, 0) is 42.4 Å². The van der Waals surface area contributed by atoms with Crippen molar-refractivity contribution >= 4 is 0 Å². The first-order valence-corrected chi connectivity index (χ1v) is 5.98. The molecule has 1 saturated carbocycles. The predicted octanol–water partition coefficient (Wildman–Crippen LogP) is 2.92. The van der Waals surface area contributed by atoms with E-state index in [4.69, 9.17) is 10.5 Å². The standard InChI is InChI=1S/C14H21NO/c1-10(2)11-8-14(15,9-11)12-4-6-13(16-3)7-5-12/h4-7,10-11H,8-9,15H2,1-3H3. The summed E-state index contributed by atoms with van der Waals surface area (Å²) in [6.45, 7) is 4.55. The number of benzene rings is 1. The Morgan fingerprint density at radius 2 is 1.81 bits per heavy atom. The van der Waals surface area contributed by atoms with E-state index in [0.29, 0.717) is 0 Å². The fourth-order valence-corrected chi connectivity index (χ4v) is 2.51. The summed E-state index contributed by atoms with van der Waals surface area (Å²) in [5.74, 6) is 2.43. The Morgan fingerprint density at radius 3 is 2.25 bits per heavy atom. The van der Waals surface area contributed by atoms with Crippen molar-refractivity contribution in [1.29, 1.82) is 0 Å². The number of rotatable bonds is 3. The minimum Gasteiger partial charge on any atom is -0.497 e. The van der Waals surface area contributed by atoms with Gasteiger partial charge in [-0.15, -0.1) is 0 Å². The summed E-state index contributed by atoms with van der Waals surface area (Å²) < 4.78 is 5.15. The van der Waals surface area contributed by atoms with Gasteiger partial charge < -0.3 is 10.5 Å². The van der Waals surface area contributed by atoms with Crippen LogP contribution in [-0.4, -0.2) is 7.11 Å². The molecule has 0 aliphatic heterocycles. The van der Waals surface area contributed by atoms with E-state index < -0.39 is 0 Å². The van der Waals surface area contributed by atoms with E-state index in [9.17, 15) is 0 Å². The molecule has 0 heterocycles. The van der Waals surface area contributed by atoms with Gasteiger partial charge in [-0.3, -0.25) is 0 Å². The summed E-state index contributed by atoms with van der Waals surface area (Å²) in [5, 5.41) is 0. The zero-order valence-electron chi connectivity index (χ0n) is 10.4. The second-order valence-corrected chi connectivity index (χ2v) is 5.30. The van der Waals surface area contributed by atoms with Crippen LogP contribution in [0.25, 0.3) is 0 Å². The van der Waals surface area contributed by atoms with Crippen LogP contribution < -0.4 is 10.5 Å². The Labute approximate surface area is 97.8 Å². The molecule has 0 unspecified atom stereocenters. The van der Waals surface area contributed by atoms with Crippen LogP contribution in [0.2, 0.25) is 0 Å². The number of hydrogen-bond donors (Lipinski definition) is 1. The third kappa shape index (κ3) is 1.94. The van der Waals surface area contributed by atoms with E-state index in [0.717, 1.165) is 30.4 Å². The van der Waals surface area contributed by atoms with Gasteiger partial charge in [-0.2, -0.15) is 0 Å². The number of methoxy groups -OCH3 is 1. The normalized spacial score (nSPS) is 28.9. The molecule has 1 aromatic carbocycles. The van der Waals surface area contributed by atoms with Crippen molar-refractivity contribution in [2.45, 2.75) is 32.2 Å². The molecule has 2 rings (SSSR count). The Bertz CT molecular complexity index is 350. The van der Waals surface area contributed by atoms with Crippen LogP contribution in [0.15, 0.2) is 24.3 Å². The highest BCUT2D eigenvalue weighted by molar-refractivity contribution is 5.33. The summed E-state index contributed by atoms with van der Waals surface area (Å²) >= 11 is 0. The quantitative estimate of drug-likeness (QED) is 0.848. The second-order valence-electron chi connectivity index (χ2n) is 5.30. The lowest BCUT2D eigenvalue weighted by molar-refractivity contribution is 0.105. The highest BCUT2D eigenvalue weighted by Crippen LogP contribution is 2.46. The third-order valence-corrected chi connectivity index (χ3v) is 3.86. The summed E-state index contributed by atoms with van der Waals surface area (Å²) in [6.07, 6.45) is 2.22. The van der Waals surface area contributed by atoms with Crippen molar-refractivity contribution in [2.24, 2.45) is 17.6 Å². The van der Waals surface area contributed by atoms with Crippen LogP contribution in [0, 0.1) is 11.8 Å². The molecule has 1 aliphatic rings. The minimum atomic E-state index is -0.0960. The lowest BCUT2D eigenvalue weighted by atomic mass is 9.62. The predicted molar refractivity (Wildman–Crippen MR) is 66.4 cm³/mol. The maximum atomic E-state index is 6.40. The average Bonchev–Trinajstić information content (AvgIpc) is 2.24. The van der Waals surface area contributed by atoms with Crippen LogP contribution in [0.5, 0.6) is 5.75 Å². The molecule has 0 spiro atoms. The molecule has 1 fully saturated rings. The van der Waals surface area contributed by atoms with Gasteiger partial charge in [0.15, 0.2) is 0 Å². The molecule has 0 bridgehead atoms. The van der Waals surface area contributed by atoms with Gasteiger partial charge in [-0.25, -0.2) is 0 Å².